The summed E-state index contributed by atoms with van der Waals surface area (Å²) in [6.45, 7) is 4.03. The van der Waals surface area contributed by atoms with Crippen molar-refractivity contribution >= 4 is 6.03 Å². The Morgan fingerprint density at radius 1 is 1.65 bits per heavy atom. The molecule has 1 fully saturated rings. The maximum Gasteiger partial charge on any atom is 0.318 e. The Morgan fingerprint density at radius 2 is 2.40 bits per heavy atom. The topological polar surface area (TPSA) is 45.5 Å². The highest BCUT2D eigenvalue weighted by Gasteiger charge is 2.37. The molecule has 0 aromatic carbocycles. The van der Waals surface area contributed by atoms with Crippen LogP contribution >= 0.6 is 0 Å². The van der Waals surface area contributed by atoms with E-state index in [9.17, 15) is 4.79 Å². The summed E-state index contributed by atoms with van der Waals surface area (Å²) in [7, 11) is 0. The molecule has 1 aliphatic carbocycles. The van der Waals surface area contributed by atoms with Crippen molar-refractivity contribution in [2.75, 3.05) is 0 Å². The third kappa shape index (κ3) is 3.36. The number of urea groups is 1. The van der Waals surface area contributed by atoms with Crippen LogP contribution in [0.5, 0.6) is 0 Å². The lowest BCUT2D eigenvalue weighted by Crippen LogP contribution is -2.46. The Labute approximate surface area is 120 Å². The Morgan fingerprint density at radius 3 is 2.90 bits per heavy atom. The monoisotopic (exact) mass is 274 g/mol. The van der Waals surface area contributed by atoms with Gasteiger partial charge in [0.1, 0.15) is 5.76 Å². The summed E-state index contributed by atoms with van der Waals surface area (Å²) < 4.78 is 5.43. The molecule has 2 amide bonds. The molecule has 0 radical (unpaired) electrons. The molecule has 2 unspecified atom stereocenters. The average molecular weight is 274 g/mol. The number of terminal acetylenes is 1. The van der Waals surface area contributed by atoms with E-state index in [1.165, 1.54) is 0 Å². The molecule has 2 rings (SSSR count). The highest BCUT2D eigenvalue weighted by molar-refractivity contribution is 5.75. The van der Waals surface area contributed by atoms with Crippen LogP contribution < -0.4 is 5.32 Å². The van der Waals surface area contributed by atoms with E-state index in [0.717, 1.165) is 25.0 Å². The van der Waals surface area contributed by atoms with Gasteiger partial charge in [-0.05, 0) is 38.3 Å². The van der Waals surface area contributed by atoms with Crippen molar-refractivity contribution in [3.63, 3.8) is 0 Å². The van der Waals surface area contributed by atoms with Gasteiger partial charge < -0.3 is 14.6 Å². The Kier molecular flexibility index (Phi) is 4.73. The van der Waals surface area contributed by atoms with Crippen LogP contribution in [0.4, 0.5) is 4.79 Å². The fraction of sp³-hybridized carbons (Fsp3) is 0.562. The SMILES string of the molecule is C#CCC(CC)NC(=O)N(C1CC1)C(C)c1ccco1. The molecule has 1 N–H and O–H groups in total. The van der Waals surface area contributed by atoms with Crippen molar-refractivity contribution in [1.29, 1.82) is 0 Å². The van der Waals surface area contributed by atoms with Gasteiger partial charge in [0.25, 0.3) is 0 Å². The van der Waals surface area contributed by atoms with Crippen LogP contribution in [0.1, 0.15) is 51.3 Å². The molecule has 4 heteroatoms. The zero-order valence-corrected chi connectivity index (χ0v) is 12.1. The number of hydrogen-bond donors (Lipinski definition) is 1. The second-order valence-electron chi connectivity index (χ2n) is 5.29. The molecule has 1 aromatic rings. The maximum absolute atomic E-state index is 12.5. The molecule has 2 atom stereocenters. The summed E-state index contributed by atoms with van der Waals surface area (Å²) in [5.74, 6) is 3.43. The number of rotatable bonds is 6. The molecule has 4 nitrogen and oxygen atoms in total. The number of amides is 2. The van der Waals surface area contributed by atoms with Gasteiger partial charge in [-0.25, -0.2) is 4.79 Å². The largest absolute Gasteiger partial charge is 0.467 e. The number of furan rings is 1. The summed E-state index contributed by atoms with van der Waals surface area (Å²) in [6, 6.07) is 4.02. The highest BCUT2D eigenvalue weighted by Crippen LogP contribution is 2.34. The molecule has 0 aliphatic heterocycles. The number of nitrogens with zero attached hydrogens (tertiary/aromatic N) is 1. The maximum atomic E-state index is 12.5. The van der Waals surface area contributed by atoms with Gasteiger partial charge in [-0.2, -0.15) is 0 Å². The molecule has 108 valence electrons. The van der Waals surface area contributed by atoms with Gasteiger partial charge in [0.15, 0.2) is 0 Å². The first-order valence-corrected chi connectivity index (χ1v) is 7.23. The van der Waals surface area contributed by atoms with Crippen molar-refractivity contribution in [2.24, 2.45) is 0 Å². The van der Waals surface area contributed by atoms with Crippen LogP contribution in [0.2, 0.25) is 0 Å². The quantitative estimate of drug-likeness (QED) is 0.809. The summed E-state index contributed by atoms with van der Waals surface area (Å²) in [4.78, 5) is 14.4. The van der Waals surface area contributed by atoms with Gasteiger partial charge in [-0.3, -0.25) is 0 Å². The van der Waals surface area contributed by atoms with Crippen molar-refractivity contribution in [3.8, 4) is 12.3 Å². The third-order valence-corrected chi connectivity index (χ3v) is 3.73. The first kappa shape index (κ1) is 14.5. The number of hydrogen-bond acceptors (Lipinski definition) is 2. The first-order valence-electron chi connectivity index (χ1n) is 7.23. The van der Waals surface area contributed by atoms with Crippen LogP contribution in [-0.2, 0) is 0 Å². The molecular weight excluding hydrogens is 252 g/mol. The number of nitrogens with one attached hydrogen (secondary N) is 1. The average Bonchev–Trinajstić information content (AvgIpc) is 3.10. The van der Waals surface area contributed by atoms with Crippen molar-refractivity contribution in [2.45, 2.75) is 57.7 Å². The summed E-state index contributed by atoms with van der Waals surface area (Å²) >= 11 is 0. The predicted molar refractivity (Wildman–Crippen MR) is 78.0 cm³/mol. The zero-order valence-electron chi connectivity index (χ0n) is 12.1. The van der Waals surface area contributed by atoms with Crippen LogP contribution in [0.25, 0.3) is 0 Å². The van der Waals surface area contributed by atoms with Crippen molar-refractivity contribution in [1.82, 2.24) is 10.2 Å². The lowest BCUT2D eigenvalue weighted by Gasteiger charge is -2.30. The van der Waals surface area contributed by atoms with Gasteiger partial charge in [0, 0.05) is 18.5 Å². The number of carbonyl (C=O) groups is 1. The Hall–Kier alpha value is -1.89. The summed E-state index contributed by atoms with van der Waals surface area (Å²) in [6.07, 6.45) is 10.5. The van der Waals surface area contributed by atoms with Crippen molar-refractivity contribution < 1.29 is 9.21 Å². The fourth-order valence-electron chi connectivity index (χ4n) is 2.37. The van der Waals surface area contributed by atoms with E-state index < -0.39 is 0 Å². The summed E-state index contributed by atoms with van der Waals surface area (Å²) in [5.41, 5.74) is 0. The van der Waals surface area contributed by atoms with Crippen molar-refractivity contribution in [3.05, 3.63) is 24.2 Å². The minimum absolute atomic E-state index is 0.0394. The zero-order chi connectivity index (χ0) is 14.5. The molecule has 1 heterocycles. The van der Waals surface area contributed by atoms with Gasteiger partial charge in [-0.1, -0.05) is 6.92 Å². The van der Waals surface area contributed by atoms with Crippen LogP contribution in [-0.4, -0.2) is 23.0 Å². The normalized spacial score (nSPS) is 17.1. The lowest BCUT2D eigenvalue weighted by molar-refractivity contribution is 0.162. The Bertz CT molecular complexity index is 471. The van der Waals surface area contributed by atoms with Crippen LogP contribution in [0.3, 0.4) is 0 Å². The fourth-order valence-corrected chi connectivity index (χ4v) is 2.37. The van der Waals surface area contributed by atoms with E-state index in [4.69, 9.17) is 10.8 Å². The summed E-state index contributed by atoms with van der Waals surface area (Å²) in [5, 5.41) is 3.03. The Balaban J connectivity index is 2.05. The minimum atomic E-state index is -0.0548. The predicted octanol–water partition coefficient (Wildman–Crippen LogP) is 3.32. The molecule has 1 aliphatic rings. The molecule has 1 saturated carbocycles. The second-order valence-corrected chi connectivity index (χ2v) is 5.29. The van der Waals surface area contributed by atoms with E-state index in [1.54, 1.807) is 6.26 Å². The standard InChI is InChI=1S/C16H22N2O2/c1-4-7-13(5-2)17-16(19)18(14-9-10-14)12(3)15-8-6-11-20-15/h1,6,8,11-14H,5,7,9-10H2,2-3H3,(H,17,19). The van der Waals surface area contributed by atoms with E-state index >= 15 is 0 Å². The van der Waals surface area contributed by atoms with Crippen LogP contribution in [0.15, 0.2) is 22.8 Å². The third-order valence-electron chi connectivity index (χ3n) is 3.73. The van der Waals surface area contributed by atoms with Gasteiger partial charge in [-0.15, -0.1) is 12.3 Å². The van der Waals surface area contributed by atoms with E-state index in [2.05, 4.69) is 11.2 Å². The van der Waals surface area contributed by atoms with Gasteiger partial charge in [0.2, 0.25) is 0 Å². The molecule has 0 spiro atoms. The highest BCUT2D eigenvalue weighted by atomic mass is 16.3. The molecule has 0 saturated heterocycles. The minimum Gasteiger partial charge on any atom is -0.467 e. The smallest absolute Gasteiger partial charge is 0.318 e. The second kappa shape index (κ2) is 6.51. The molecule has 1 aromatic heterocycles. The van der Waals surface area contributed by atoms with E-state index in [1.807, 2.05) is 30.9 Å². The first-order chi connectivity index (χ1) is 9.67. The van der Waals surface area contributed by atoms with E-state index in [0.29, 0.717) is 12.5 Å². The molecule has 0 bridgehead atoms. The van der Waals surface area contributed by atoms with E-state index in [-0.39, 0.29) is 18.1 Å². The van der Waals surface area contributed by atoms with Gasteiger partial charge >= 0.3 is 6.03 Å². The lowest BCUT2D eigenvalue weighted by atomic mass is 10.1. The number of carbonyl (C=O) groups excluding carboxylic acids is 1. The molecular formula is C16H22N2O2. The molecule has 20 heavy (non-hydrogen) atoms. The van der Waals surface area contributed by atoms with Crippen LogP contribution in [0, 0.1) is 12.3 Å². The van der Waals surface area contributed by atoms with Gasteiger partial charge in [0.05, 0.1) is 12.3 Å².